The highest BCUT2D eigenvalue weighted by Crippen LogP contribution is 2.26. The summed E-state index contributed by atoms with van der Waals surface area (Å²) >= 11 is 0. The van der Waals surface area contributed by atoms with Crippen LogP contribution < -0.4 is 0 Å². The van der Waals surface area contributed by atoms with E-state index < -0.39 is 5.79 Å². The molecule has 4 heteroatoms. The Hall–Kier alpha value is -1.72. The number of hydrogen-bond donors (Lipinski definition) is 3. The molecule has 1 aliphatic rings. The van der Waals surface area contributed by atoms with Crippen LogP contribution in [0.1, 0.15) is 18.4 Å². The van der Waals surface area contributed by atoms with E-state index in [2.05, 4.69) is 0 Å². The lowest BCUT2D eigenvalue weighted by molar-refractivity contribution is -0.176. The van der Waals surface area contributed by atoms with Crippen molar-refractivity contribution in [2.75, 3.05) is 19.6 Å². The van der Waals surface area contributed by atoms with E-state index in [-0.39, 0.29) is 19.1 Å². The zero-order valence-corrected chi connectivity index (χ0v) is 13.8. The van der Waals surface area contributed by atoms with Crippen molar-refractivity contribution >= 4 is 0 Å². The van der Waals surface area contributed by atoms with Crippen LogP contribution in [-0.2, 0) is 6.42 Å². The van der Waals surface area contributed by atoms with Crippen LogP contribution in [0.25, 0.3) is 11.1 Å². The average molecular weight is 327 g/mol. The Morgan fingerprint density at radius 3 is 2.46 bits per heavy atom. The van der Waals surface area contributed by atoms with Gasteiger partial charge in [0.15, 0.2) is 5.79 Å². The summed E-state index contributed by atoms with van der Waals surface area (Å²) in [7, 11) is 0. The second-order valence-electron chi connectivity index (χ2n) is 6.71. The first-order valence-corrected chi connectivity index (χ1v) is 8.52. The Labute approximate surface area is 143 Å². The number of aliphatic hydroxyl groups excluding tert-OH is 1. The van der Waals surface area contributed by atoms with Gasteiger partial charge in [-0.1, -0.05) is 54.6 Å². The minimum atomic E-state index is -1.82. The summed E-state index contributed by atoms with van der Waals surface area (Å²) in [6.45, 7) is 1.44. The van der Waals surface area contributed by atoms with E-state index in [4.69, 9.17) is 0 Å². The van der Waals surface area contributed by atoms with Gasteiger partial charge in [0.2, 0.25) is 0 Å². The summed E-state index contributed by atoms with van der Waals surface area (Å²) in [4.78, 5) is 1.93. The maximum Gasteiger partial charge on any atom is 0.179 e. The molecule has 2 aromatic carbocycles. The Balaban J connectivity index is 1.75. The molecular weight excluding hydrogens is 302 g/mol. The summed E-state index contributed by atoms with van der Waals surface area (Å²) < 4.78 is 0. The topological polar surface area (TPSA) is 63.9 Å². The number of benzene rings is 2. The maximum absolute atomic E-state index is 10.5. The van der Waals surface area contributed by atoms with Crippen LogP contribution >= 0.6 is 0 Å². The maximum atomic E-state index is 10.5. The predicted molar refractivity (Wildman–Crippen MR) is 94.4 cm³/mol. The molecule has 128 valence electrons. The van der Waals surface area contributed by atoms with Crippen LogP contribution in [0.5, 0.6) is 0 Å². The Morgan fingerprint density at radius 2 is 1.71 bits per heavy atom. The van der Waals surface area contributed by atoms with Crippen LogP contribution in [0.3, 0.4) is 0 Å². The molecule has 0 amide bonds. The van der Waals surface area contributed by atoms with Crippen molar-refractivity contribution in [1.29, 1.82) is 0 Å². The third-order valence-corrected chi connectivity index (χ3v) is 4.53. The Kier molecular flexibility index (Phi) is 5.31. The minimum Gasteiger partial charge on any atom is -0.392 e. The Morgan fingerprint density at radius 1 is 1.00 bits per heavy atom. The summed E-state index contributed by atoms with van der Waals surface area (Å²) in [5, 5.41) is 30.8. The second-order valence-corrected chi connectivity index (χ2v) is 6.71. The van der Waals surface area contributed by atoms with Crippen molar-refractivity contribution in [2.24, 2.45) is 0 Å². The zero-order chi connectivity index (χ0) is 17.0. The highest BCUT2D eigenvalue weighted by atomic mass is 16.5. The lowest BCUT2D eigenvalue weighted by Gasteiger charge is -2.35. The molecule has 1 atom stereocenters. The fourth-order valence-corrected chi connectivity index (χ4v) is 3.47. The third kappa shape index (κ3) is 4.42. The minimum absolute atomic E-state index is 0.146. The summed E-state index contributed by atoms with van der Waals surface area (Å²) in [5.41, 5.74) is 2.99. The molecule has 1 unspecified atom stereocenters. The number of piperidine rings is 1. The van der Waals surface area contributed by atoms with Gasteiger partial charge in [-0.15, -0.1) is 0 Å². The van der Waals surface area contributed by atoms with E-state index in [1.165, 1.54) is 0 Å². The molecule has 0 spiro atoms. The fraction of sp³-hybridized carbons (Fsp3) is 0.400. The largest absolute Gasteiger partial charge is 0.392 e. The van der Waals surface area contributed by atoms with E-state index in [9.17, 15) is 15.3 Å². The molecule has 0 saturated carbocycles. The van der Waals surface area contributed by atoms with E-state index in [1.54, 1.807) is 0 Å². The molecule has 1 fully saturated rings. The van der Waals surface area contributed by atoms with E-state index in [0.29, 0.717) is 6.54 Å². The van der Waals surface area contributed by atoms with Gasteiger partial charge < -0.3 is 15.3 Å². The monoisotopic (exact) mass is 327 g/mol. The molecule has 2 aromatic rings. The van der Waals surface area contributed by atoms with Crippen molar-refractivity contribution in [3.8, 4) is 11.1 Å². The van der Waals surface area contributed by atoms with Gasteiger partial charge in [-0.2, -0.15) is 0 Å². The molecule has 1 heterocycles. The molecule has 1 saturated heterocycles. The number of hydrogen-bond acceptors (Lipinski definition) is 4. The fourth-order valence-electron chi connectivity index (χ4n) is 3.47. The van der Waals surface area contributed by atoms with Crippen molar-refractivity contribution in [3.05, 3.63) is 60.2 Å². The smallest absolute Gasteiger partial charge is 0.179 e. The normalized spacial score (nSPS) is 19.4. The van der Waals surface area contributed by atoms with Crippen molar-refractivity contribution in [1.82, 2.24) is 4.90 Å². The highest BCUT2D eigenvalue weighted by Gasteiger charge is 2.30. The number of nitrogens with zero attached hydrogens (tertiary/aromatic N) is 1. The van der Waals surface area contributed by atoms with Crippen molar-refractivity contribution in [2.45, 2.75) is 31.2 Å². The molecule has 0 bridgehead atoms. The molecule has 1 aliphatic heterocycles. The molecular formula is C20H25NO3. The lowest BCUT2D eigenvalue weighted by Crippen LogP contribution is -2.49. The molecule has 0 radical (unpaired) electrons. The molecule has 0 aromatic heterocycles. The molecule has 4 nitrogen and oxygen atoms in total. The van der Waals surface area contributed by atoms with Crippen molar-refractivity contribution in [3.63, 3.8) is 0 Å². The average Bonchev–Trinajstić information content (AvgIpc) is 2.55. The first-order valence-electron chi connectivity index (χ1n) is 8.52. The molecule has 3 rings (SSSR count). The Bertz CT molecular complexity index is 657. The summed E-state index contributed by atoms with van der Waals surface area (Å²) in [6, 6.07) is 17.8. The van der Waals surface area contributed by atoms with Gasteiger partial charge >= 0.3 is 0 Å². The number of rotatable bonds is 5. The molecule has 0 aliphatic carbocycles. The number of aliphatic hydroxyl groups is 3. The van der Waals surface area contributed by atoms with Crippen LogP contribution in [-0.4, -0.2) is 51.7 Å². The van der Waals surface area contributed by atoms with Gasteiger partial charge in [-0.25, -0.2) is 0 Å². The summed E-state index contributed by atoms with van der Waals surface area (Å²) in [5.74, 6) is -1.82. The summed E-state index contributed by atoms with van der Waals surface area (Å²) in [6.07, 6.45) is 1.46. The van der Waals surface area contributed by atoms with E-state index in [0.717, 1.165) is 36.1 Å². The highest BCUT2D eigenvalue weighted by molar-refractivity contribution is 5.67. The number of β-amino-alcohol motifs (C(OH)–C–C–N with tert-alkyl or cyclic N) is 3. The van der Waals surface area contributed by atoms with E-state index in [1.807, 2.05) is 59.5 Å². The molecule has 3 N–H and O–H groups in total. The van der Waals surface area contributed by atoms with Crippen LogP contribution in [0, 0.1) is 0 Å². The quantitative estimate of drug-likeness (QED) is 0.735. The van der Waals surface area contributed by atoms with Crippen LogP contribution in [0.4, 0.5) is 0 Å². The number of likely N-dealkylation sites (tertiary alicyclic amines) is 1. The van der Waals surface area contributed by atoms with Crippen molar-refractivity contribution < 1.29 is 15.3 Å². The first kappa shape index (κ1) is 17.1. The standard InChI is InChI=1S/C20H25NO3/c22-18-10-6-12-21(14-18)15-20(23,24)13-17-9-4-5-11-19(17)16-7-2-1-3-8-16/h1-5,7-9,11,18,22-24H,6,10,12-15H2. The second kappa shape index (κ2) is 7.45. The van der Waals surface area contributed by atoms with Gasteiger partial charge in [0.25, 0.3) is 0 Å². The van der Waals surface area contributed by atoms with Gasteiger partial charge in [-0.3, -0.25) is 4.90 Å². The van der Waals surface area contributed by atoms with Gasteiger partial charge in [0.05, 0.1) is 12.6 Å². The van der Waals surface area contributed by atoms with Gasteiger partial charge in [-0.05, 0) is 36.1 Å². The van der Waals surface area contributed by atoms with Gasteiger partial charge in [0, 0.05) is 13.0 Å². The third-order valence-electron chi connectivity index (χ3n) is 4.53. The van der Waals surface area contributed by atoms with Crippen LogP contribution in [0.15, 0.2) is 54.6 Å². The SMILES string of the molecule is OC1CCCN(CC(O)(O)Cc2ccccc2-c2ccccc2)C1. The van der Waals surface area contributed by atoms with E-state index >= 15 is 0 Å². The van der Waals surface area contributed by atoms with Gasteiger partial charge in [0.1, 0.15) is 0 Å². The zero-order valence-electron chi connectivity index (χ0n) is 13.8. The predicted octanol–water partition coefficient (Wildman–Crippen LogP) is 2.03. The molecule has 24 heavy (non-hydrogen) atoms. The lowest BCUT2D eigenvalue weighted by atomic mass is 9.94. The first-order chi connectivity index (χ1) is 11.5. The van der Waals surface area contributed by atoms with Crippen LogP contribution in [0.2, 0.25) is 0 Å².